The number of benzene rings is 1. The van der Waals surface area contributed by atoms with Crippen molar-refractivity contribution in [3.8, 4) is 11.5 Å². The lowest BCUT2D eigenvalue weighted by molar-refractivity contribution is -0.179. The van der Waals surface area contributed by atoms with Crippen LogP contribution in [0, 0.1) is 0 Å². The Morgan fingerprint density at radius 1 is 1.18 bits per heavy atom. The smallest absolute Gasteiger partial charge is 0.339 e. The maximum atomic E-state index is 14.4. The molecule has 4 aliphatic rings. The number of nitrogens with zero attached hydrogens (tertiary/aromatic N) is 1. The van der Waals surface area contributed by atoms with Gasteiger partial charge in [0.15, 0.2) is 23.2 Å². The van der Waals surface area contributed by atoms with Crippen LogP contribution in [0.15, 0.2) is 24.0 Å². The molecule has 208 valence electrons. The molecule has 4 atom stereocenters. The second-order valence-electron chi connectivity index (χ2n) is 11.3. The minimum atomic E-state index is -2.26. The number of esters is 2. The molecular weight excluding hydrogens is 497 g/mol. The van der Waals surface area contributed by atoms with E-state index in [9.17, 15) is 19.1 Å². The van der Waals surface area contributed by atoms with E-state index < -0.39 is 41.3 Å². The third-order valence-electron chi connectivity index (χ3n) is 8.38. The summed E-state index contributed by atoms with van der Waals surface area (Å²) in [5.41, 5.74) is -2.32. The van der Waals surface area contributed by atoms with Gasteiger partial charge in [-0.15, -0.1) is 0 Å². The van der Waals surface area contributed by atoms with Crippen molar-refractivity contribution in [3.63, 3.8) is 0 Å². The van der Waals surface area contributed by atoms with Crippen molar-refractivity contribution in [1.29, 1.82) is 0 Å². The van der Waals surface area contributed by atoms with Gasteiger partial charge >= 0.3 is 11.9 Å². The molecule has 0 saturated carbocycles. The summed E-state index contributed by atoms with van der Waals surface area (Å²) in [6, 6.07) is 3.96. The summed E-state index contributed by atoms with van der Waals surface area (Å²) < 4.78 is 42.3. The van der Waals surface area contributed by atoms with E-state index >= 15 is 0 Å². The summed E-state index contributed by atoms with van der Waals surface area (Å²) in [5, 5.41) is 11.4. The topological polar surface area (TPSA) is 104 Å². The molecule has 1 aliphatic carbocycles. The second kappa shape index (κ2) is 9.72. The van der Waals surface area contributed by atoms with E-state index in [1.165, 1.54) is 28.1 Å². The zero-order valence-corrected chi connectivity index (χ0v) is 22.4. The highest BCUT2D eigenvalue weighted by molar-refractivity contribution is 5.86. The monoisotopic (exact) mass is 533 g/mol. The highest BCUT2D eigenvalue weighted by atomic mass is 19.1. The van der Waals surface area contributed by atoms with Gasteiger partial charge in [-0.1, -0.05) is 0 Å². The van der Waals surface area contributed by atoms with E-state index in [1.807, 2.05) is 18.2 Å². The Kier molecular flexibility index (Phi) is 6.84. The van der Waals surface area contributed by atoms with Crippen LogP contribution in [0.1, 0.15) is 63.0 Å². The molecular formula is C28H36FNO8. The van der Waals surface area contributed by atoms with Gasteiger partial charge in [0.2, 0.25) is 6.79 Å². The van der Waals surface area contributed by atoms with Crippen LogP contribution in [0.4, 0.5) is 4.39 Å². The highest BCUT2D eigenvalue weighted by Gasteiger charge is 2.59. The Labute approximate surface area is 221 Å². The molecule has 4 unspecified atom stereocenters. The molecule has 1 aromatic carbocycles. The second-order valence-corrected chi connectivity index (χ2v) is 11.3. The van der Waals surface area contributed by atoms with Gasteiger partial charge in [-0.25, -0.2) is 9.18 Å². The molecule has 0 radical (unpaired) electrons. The zero-order chi connectivity index (χ0) is 27.3. The third-order valence-corrected chi connectivity index (χ3v) is 8.38. The van der Waals surface area contributed by atoms with Crippen molar-refractivity contribution in [3.05, 3.63) is 35.1 Å². The van der Waals surface area contributed by atoms with Gasteiger partial charge in [-0.2, -0.15) is 0 Å². The fraction of sp³-hybridized carbons (Fsp3) is 0.643. The van der Waals surface area contributed by atoms with Gasteiger partial charge < -0.3 is 28.8 Å². The van der Waals surface area contributed by atoms with Crippen LogP contribution in [0.5, 0.6) is 11.5 Å². The number of carbonyl (C=O) groups is 2. The first-order valence-corrected chi connectivity index (χ1v) is 13.1. The molecule has 1 fully saturated rings. The predicted octanol–water partition coefficient (Wildman–Crippen LogP) is 3.17. The van der Waals surface area contributed by atoms with Crippen molar-refractivity contribution in [2.24, 2.45) is 0 Å². The Morgan fingerprint density at radius 3 is 2.61 bits per heavy atom. The third kappa shape index (κ3) is 4.62. The Bertz CT molecular complexity index is 1150. The number of hydrogen-bond acceptors (Lipinski definition) is 9. The maximum absolute atomic E-state index is 14.4. The Balaban J connectivity index is 1.53. The maximum Gasteiger partial charge on any atom is 0.339 e. The van der Waals surface area contributed by atoms with E-state index in [0.717, 1.165) is 43.5 Å². The summed E-state index contributed by atoms with van der Waals surface area (Å²) in [5.74, 6) is -0.335. The minimum Gasteiger partial charge on any atom is -0.497 e. The number of alkyl halides is 1. The fourth-order valence-corrected chi connectivity index (χ4v) is 6.40. The lowest BCUT2D eigenvalue weighted by Crippen LogP contribution is -2.49. The number of methoxy groups -OCH3 is 2. The first-order chi connectivity index (χ1) is 18.0. The normalized spacial score (nSPS) is 27.4. The van der Waals surface area contributed by atoms with Crippen LogP contribution in [0.3, 0.4) is 0 Å². The van der Waals surface area contributed by atoms with E-state index in [1.54, 1.807) is 0 Å². The van der Waals surface area contributed by atoms with Crippen LogP contribution in [-0.4, -0.2) is 79.0 Å². The number of hydrogen-bond donors (Lipinski definition) is 1. The van der Waals surface area contributed by atoms with Gasteiger partial charge in [-0.05, 0) is 81.8 Å². The molecule has 1 N–H and O–H groups in total. The summed E-state index contributed by atoms with van der Waals surface area (Å²) >= 11 is 0. The molecule has 0 bridgehead atoms. The van der Waals surface area contributed by atoms with Crippen LogP contribution >= 0.6 is 0 Å². The van der Waals surface area contributed by atoms with Crippen molar-refractivity contribution >= 4 is 11.9 Å². The number of ether oxygens (including phenoxy) is 5. The first-order valence-electron chi connectivity index (χ1n) is 13.1. The minimum absolute atomic E-state index is 0.144. The van der Waals surface area contributed by atoms with Crippen LogP contribution in [0.25, 0.3) is 0 Å². The summed E-state index contributed by atoms with van der Waals surface area (Å²) in [7, 11) is 2.70. The van der Waals surface area contributed by atoms with E-state index in [4.69, 9.17) is 23.7 Å². The molecule has 5 rings (SSSR count). The number of rotatable bonds is 8. The number of halogens is 1. The van der Waals surface area contributed by atoms with Gasteiger partial charge in [0, 0.05) is 6.54 Å². The van der Waals surface area contributed by atoms with Gasteiger partial charge in [0.25, 0.3) is 0 Å². The molecule has 3 heterocycles. The summed E-state index contributed by atoms with van der Waals surface area (Å²) in [6.07, 6.45) is 2.69. The predicted molar refractivity (Wildman–Crippen MR) is 134 cm³/mol. The average Bonchev–Trinajstić information content (AvgIpc) is 3.56. The standard InChI is InChI=1S/C28H36FNO8/c1-26(2,29)8-9-28(33,15-22(31)35-4)25(32)38-24-21(34-3)14-27-7-5-10-30(27)11-6-17-12-19-20(37-16-36-19)13-18(17)23(24)27/h12-14,23-24,33H,5-11,15-16H2,1-4H3. The lowest BCUT2D eigenvalue weighted by Gasteiger charge is -2.39. The molecule has 38 heavy (non-hydrogen) atoms. The van der Waals surface area contributed by atoms with Crippen molar-refractivity contribution in [2.45, 2.75) is 81.2 Å². The lowest BCUT2D eigenvalue weighted by atomic mass is 9.77. The summed E-state index contributed by atoms with van der Waals surface area (Å²) in [6.45, 7) is 4.56. The van der Waals surface area contributed by atoms with Crippen molar-refractivity contribution in [1.82, 2.24) is 4.90 Å². The van der Waals surface area contributed by atoms with Crippen LogP contribution < -0.4 is 9.47 Å². The van der Waals surface area contributed by atoms with Crippen molar-refractivity contribution in [2.75, 3.05) is 34.1 Å². The molecule has 0 aromatic heterocycles. The van der Waals surface area contributed by atoms with E-state index in [-0.39, 0.29) is 25.6 Å². The first kappa shape index (κ1) is 26.7. The number of fused-ring (bicyclic) bond motifs is 3. The van der Waals surface area contributed by atoms with Gasteiger partial charge in [0.1, 0.15) is 11.4 Å². The molecule has 10 heteroatoms. The van der Waals surface area contributed by atoms with E-state index in [2.05, 4.69) is 4.90 Å². The van der Waals surface area contributed by atoms with Gasteiger partial charge in [-0.3, -0.25) is 9.69 Å². The number of aliphatic hydroxyl groups is 1. The molecule has 1 spiro atoms. The SMILES string of the molecule is COC(=O)CC(O)(CCC(C)(C)F)C(=O)OC1C(OC)=CC23CCCN2CCc2cc4c(cc2C13)OCO4. The van der Waals surface area contributed by atoms with Crippen LogP contribution in [0.2, 0.25) is 0 Å². The Morgan fingerprint density at radius 2 is 1.92 bits per heavy atom. The Hall–Kier alpha value is -2.85. The molecule has 9 nitrogen and oxygen atoms in total. The zero-order valence-electron chi connectivity index (χ0n) is 22.4. The van der Waals surface area contributed by atoms with Crippen LogP contribution in [-0.2, 0) is 30.2 Å². The highest BCUT2D eigenvalue weighted by Crippen LogP contribution is 2.55. The number of carbonyl (C=O) groups excluding carboxylic acids is 2. The van der Waals surface area contributed by atoms with E-state index in [0.29, 0.717) is 17.3 Å². The largest absolute Gasteiger partial charge is 0.497 e. The molecule has 0 amide bonds. The fourth-order valence-electron chi connectivity index (χ4n) is 6.40. The molecule has 1 aromatic rings. The molecule has 3 aliphatic heterocycles. The average molecular weight is 534 g/mol. The summed E-state index contributed by atoms with van der Waals surface area (Å²) in [4.78, 5) is 28.2. The molecule has 1 saturated heterocycles. The quantitative estimate of drug-likeness (QED) is 0.505. The van der Waals surface area contributed by atoms with Gasteiger partial charge in [0.05, 0.1) is 32.1 Å². The van der Waals surface area contributed by atoms with Crippen molar-refractivity contribution < 1.29 is 42.8 Å².